The fourth-order valence-corrected chi connectivity index (χ4v) is 2.18. The van der Waals surface area contributed by atoms with E-state index in [0.717, 1.165) is 5.56 Å². The number of hydrazone groups is 1. The van der Waals surface area contributed by atoms with Crippen molar-refractivity contribution in [3.63, 3.8) is 0 Å². The van der Waals surface area contributed by atoms with Crippen LogP contribution in [0.15, 0.2) is 33.8 Å². The van der Waals surface area contributed by atoms with Crippen molar-refractivity contribution in [3.05, 3.63) is 46.9 Å². The number of carbonyl (C=O) groups excluding carboxylic acids is 1. The summed E-state index contributed by atoms with van der Waals surface area (Å²) < 4.78 is 15.8. The van der Waals surface area contributed by atoms with E-state index in [0.29, 0.717) is 34.3 Å². The van der Waals surface area contributed by atoms with Crippen LogP contribution in [0.25, 0.3) is 0 Å². The van der Waals surface area contributed by atoms with Crippen molar-refractivity contribution in [1.29, 1.82) is 0 Å². The average molecular weight is 316 g/mol. The van der Waals surface area contributed by atoms with Crippen LogP contribution in [0.3, 0.4) is 0 Å². The van der Waals surface area contributed by atoms with Crippen LogP contribution >= 0.6 is 0 Å². The monoisotopic (exact) mass is 316 g/mol. The van der Waals surface area contributed by atoms with E-state index in [-0.39, 0.29) is 5.91 Å². The van der Waals surface area contributed by atoms with Gasteiger partial charge in [0.1, 0.15) is 11.5 Å². The molecule has 0 fully saturated rings. The third-order valence-electron chi connectivity index (χ3n) is 3.41. The van der Waals surface area contributed by atoms with Gasteiger partial charge in [-0.1, -0.05) is 0 Å². The molecule has 6 nitrogen and oxygen atoms in total. The van der Waals surface area contributed by atoms with Gasteiger partial charge >= 0.3 is 0 Å². The lowest BCUT2D eigenvalue weighted by Crippen LogP contribution is -2.19. The van der Waals surface area contributed by atoms with Gasteiger partial charge in [-0.2, -0.15) is 5.10 Å². The topological polar surface area (TPSA) is 73.1 Å². The zero-order chi connectivity index (χ0) is 17.0. The highest BCUT2D eigenvalue weighted by molar-refractivity contribution is 6.01. The minimum atomic E-state index is -0.306. The van der Waals surface area contributed by atoms with E-state index in [1.54, 1.807) is 53.2 Å². The minimum Gasteiger partial charge on any atom is -0.493 e. The van der Waals surface area contributed by atoms with Crippen molar-refractivity contribution in [2.45, 2.75) is 20.8 Å². The van der Waals surface area contributed by atoms with E-state index in [1.807, 2.05) is 6.07 Å². The first-order valence-corrected chi connectivity index (χ1v) is 7.10. The number of ether oxygens (including phenoxy) is 2. The van der Waals surface area contributed by atoms with Gasteiger partial charge in [-0.15, -0.1) is 0 Å². The maximum atomic E-state index is 12.1. The third-order valence-corrected chi connectivity index (χ3v) is 3.41. The summed E-state index contributed by atoms with van der Waals surface area (Å²) in [4.78, 5) is 12.1. The van der Waals surface area contributed by atoms with E-state index in [1.165, 1.54) is 0 Å². The fraction of sp³-hybridized carbons (Fsp3) is 0.294. The van der Waals surface area contributed by atoms with Gasteiger partial charge in [0.2, 0.25) is 0 Å². The Kier molecular flexibility index (Phi) is 5.05. The first kappa shape index (κ1) is 16.6. The Balaban J connectivity index is 2.16. The molecular formula is C17H20N2O4. The van der Waals surface area contributed by atoms with Crippen LogP contribution in [0.2, 0.25) is 0 Å². The second-order valence-corrected chi connectivity index (χ2v) is 5.03. The summed E-state index contributed by atoms with van der Waals surface area (Å²) in [5.41, 5.74) is 4.48. The number of hydrogen-bond donors (Lipinski definition) is 1. The molecule has 0 aliphatic heterocycles. The Labute approximate surface area is 135 Å². The Hall–Kier alpha value is -2.76. The van der Waals surface area contributed by atoms with Crippen molar-refractivity contribution in [2.24, 2.45) is 5.10 Å². The molecule has 1 heterocycles. The van der Waals surface area contributed by atoms with Crippen LogP contribution in [0, 0.1) is 13.8 Å². The second-order valence-electron chi connectivity index (χ2n) is 5.03. The van der Waals surface area contributed by atoms with Crippen LogP contribution < -0.4 is 14.9 Å². The van der Waals surface area contributed by atoms with Crippen molar-refractivity contribution < 1.29 is 18.7 Å². The Morgan fingerprint density at radius 2 is 1.83 bits per heavy atom. The number of rotatable bonds is 5. The van der Waals surface area contributed by atoms with Gasteiger partial charge in [-0.25, -0.2) is 5.43 Å². The standard InChI is InChI=1S/C17H20N2O4/c1-10-8-14(12(3)23-10)17(20)19-18-11(2)13-6-7-15(21-4)16(9-13)22-5/h6-9H,1-5H3,(H,19,20)/b18-11+. The second kappa shape index (κ2) is 7.00. The molecule has 0 spiro atoms. The first-order valence-electron chi connectivity index (χ1n) is 7.10. The van der Waals surface area contributed by atoms with Crippen molar-refractivity contribution >= 4 is 11.6 Å². The molecule has 0 unspecified atom stereocenters. The third kappa shape index (κ3) is 3.71. The molecular weight excluding hydrogens is 296 g/mol. The molecule has 23 heavy (non-hydrogen) atoms. The van der Waals surface area contributed by atoms with E-state index in [4.69, 9.17) is 13.9 Å². The van der Waals surface area contributed by atoms with Gasteiger partial charge in [0.25, 0.3) is 5.91 Å². The number of hydrogen-bond acceptors (Lipinski definition) is 5. The van der Waals surface area contributed by atoms with Crippen molar-refractivity contribution in [1.82, 2.24) is 5.43 Å². The molecule has 0 aliphatic rings. The highest BCUT2D eigenvalue weighted by atomic mass is 16.5. The largest absolute Gasteiger partial charge is 0.493 e. The minimum absolute atomic E-state index is 0.306. The molecule has 1 aromatic carbocycles. The quantitative estimate of drug-likeness (QED) is 0.679. The predicted molar refractivity (Wildman–Crippen MR) is 87.4 cm³/mol. The molecule has 6 heteroatoms. The summed E-state index contributed by atoms with van der Waals surface area (Å²) in [7, 11) is 3.15. The van der Waals surface area contributed by atoms with Gasteiger partial charge in [0, 0.05) is 5.56 Å². The van der Waals surface area contributed by atoms with Crippen LogP contribution in [0.1, 0.15) is 34.4 Å². The molecule has 2 aromatic rings. The lowest BCUT2D eigenvalue weighted by molar-refractivity contribution is 0.0953. The smallest absolute Gasteiger partial charge is 0.274 e. The highest BCUT2D eigenvalue weighted by Gasteiger charge is 2.13. The fourth-order valence-electron chi connectivity index (χ4n) is 2.18. The highest BCUT2D eigenvalue weighted by Crippen LogP contribution is 2.27. The average Bonchev–Trinajstić information content (AvgIpc) is 2.90. The molecule has 0 saturated heterocycles. The number of aryl methyl sites for hydroxylation is 2. The van der Waals surface area contributed by atoms with Crippen LogP contribution in [0.4, 0.5) is 0 Å². The number of furan rings is 1. The maximum absolute atomic E-state index is 12.1. The number of amides is 1. The molecule has 1 amide bonds. The van der Waals surface area contributed by atoms with Crippen LogP contribution in [-0.4, -0.2) is 25.8 Å². The molecule has 0 atom stereocenters. The molecule has 122 valence electrons. The zero-order valence-electron chi connectivity index (χ0n) is 13.9. The van der Waals surface area contributed by atoms with Gasteiger partial charge in [-0.05, 0) is 45.0 Å². The van der Waals surface area contributed by atoms with Gasteiger partial charge in [0.05, 0.1) is 25.5 Å². The molecule has 0 bridgehead atoms. The van der Waals surface area contributed by atoms with Gasteiger partial charge < -0.3 is 13.9 Å². The first-order chi connectivity index (χ1) is 11.0. The normalized spacial score (nSPS) is 11.3. The number of methoxy groups -OCH3 is 2. The molecule has 0 aliphatic carbocycles. The summed E-state index contributed by atoms with van der Waals surface area (Å²) >= 11 is 0. The summed E-state index contributed by atoms with van der Waals surface area (Å²) in [5, 5.41) is 4.13. The molecule has 1 N–H and O–H groups in total. The number of nitrogens with one attached hydrogen (secondary N) is 1. The summed E-state index contributed by atoms with van der Waals surface area (Å²) in [5.74, 6) is 2.19. The number of nitrogens with zero attached hydrogens (tertiary/aromatic N) is 1. The van der Waals surface area contributed by atoms with E-state index >= 15 is 0 Å². The Morgan fingerprint density at radius 1 is 1.13 bits per heavy atom. The molecule has 0 saturated carbocycles. The maximum Gasteiger partial charge on any atom is 0.274 e. The van der Waals surface area contributed by atoms with Gasteiger partial charge in [-0.3, -0.25) is 4.79 Å². The SMILES string of the molecule is COc1ccc(/C(C)=N/NC(=O)c2cc(C)oc2C)cc1OC. The predicted octanol–water partition coefficient (Wildman–Crippen LogP) is 3.07. The molecule has 0 radical (unpaired) electrons. The summed E-state index contributed by atoms with van der Waals surface area (Å²) in [6.07, 6.45) is 0. The lowest BCUT2D eigenvalue weighted by Gasteiger charge is -2.09. The Morgan fingerprint density at radius 3 is 2.39 bits per heavy atom. The van der Waals surface area contributed by atoms with Gasteiger partial charge in [0.15, 0.2) is 11.5 Å². The zero-order valence-corrected chi connectivity index (χ0v) is 13.9. The number of benzene rings is 1. The Bertz CT molecular complexity index is 747. The van der Waals surface area contributed by atoms with E-state index < -0.39 is 0 Å². The summed E-state index contributed by atoms with van der Waals surface area (Å²) in [6, 6.07) is 7.13. The molecule has 1 aromatic heterocycles. The van der Waals surface area contributed by atoms with Crippen molar-refractivity contribution in [3.8, 4) is 11.5 Å². The van der Waals surface area contributed by atoms with E-state index in [2.05, 4.69) is 10.5 Å². The van der Waals surface area contributed by atoms with Crippen LogP contribution in [0.5, 0.6) is 11.5 Å². The lowest BCUT2D eigenvalue weighted by atomic mass is 10.1. The summed E-state index contributed by atoms with van der Waals surface area (Å²) in [6.45, 7) is 5.34. The van der Waals surface area contributed by atoms with Crippen molar-refractivity contribution in [2.75, 3.05) is 14.2 Å². The van der Waals surface area contributed by atoms with Crippen LogP contribution in [-0.2, 0) is 0 Å². The van der Waals surface area contributed by atoms with E-state index in [9.17, 15) is 4.79 Å². The number of carbonyl (C=O) groups is 1. The molecule has 2 rings (SSSR count).